The van der Waals surface area contributed by atoms with Crippen molar-refractivity contribution in [2.45, 2.75) is 19.8 Å². The van der Waals surface area contributed by atoms with Crippen molar-refractivity contribution < 1.29 is 9.50 Å². The summed E-state index contributed by atoms with van der Waals surface area (Å²) in [4.78, 5) is 8.79. The third kappa shape index (κ3) is 3.07. The molecule has 1 aromatic carbocycles. The molecule has 0 amide bonds. The minimum atomic E-state index is -0.519. The summed E-state index contributed by atoms with van der Waals surface area (Å²) in [5.74, 6) is 0.363. The Morgan fingerprint density at radius 2 is 2.05 bits per heavy atom. The van der Waals surface area contributed by atoms with Crippen LogP contribution in [-0.4, -0.2) is 22.1 Å². The Morgan fingerprint density at radius 3 is 2.65 bits per heavy atom. The molecule has 0 atom stereocenters. The number of benzene rings is 1. The quantitative estimate of drug-likeness (QED) is 0.890. The molecule has 0 saturated carbocycles. The molecule has 2 rings (SSSR count). The van der Waals surface area contributed by atoms with Crippen LogP contribution in [0.5, 0.6) is 5.75 Å². The van der Waals surface area contributed by atoms with Gasteiger partial charge in [-0.1, -0.05) is 13.3 Å². The molecule has 0 aliphatic rings. The van der Waals surface area contributed by atoms with E-state index in [2.05, 4.69) is 38.1 Å². The molecule has 0 spiro atoms. The van der Waals surface area contributed by atoms with Crippen molar-refractivity contribution in [2.24, 2.45) is 0 Å². The van der Waals surface area contributed by atoms with Gasteiger partial charge in [-0.15, -0.1) is 0 Å². The average Bonchev–Trinajstić information content (AvgIpc) is 2.40. The van der Waals surface area contributed by atoms with Crippen LogP contribution in [0.4, 0.5) is 10.2 Å². The number of aromatic hydroxyl groups is 1. The third-order valence-corrected chi connectivity index (χ3v) is 3.62. The zero-order valence-electron chi connectivity index (χ0n) is 11.2. The summed E-state index contributed by atoms with van der Waals surface area (Å²) < 4.78 is 14.2. The topological polar surface area (TPSA) is 58.0 Å². The highest BCUT2D eigenvalue weighted by Crippen LogP contribution is 2.29. The summed E-state index contributed by atoms with van der Waals surface area (Å²) in [5.41, 5.74) is 1.30. The van der Waals surface area contributed by atoms with Crippen LogP contribution >= 0.6 is 15.9 Å². The minimum absolute atomic E-state index is 0.144. The Morgan fingerprint density at radius 1 is 1.30 bits per heavy atom. The Hall–Kier alpha value is -1.69. The number of nitrogens with one attached hydrogen (secondary N) is 1. The number of hydrogen-bond donors (Lipinski definition) is 2. The highest BCUT2D eigenvalue weighted by Gasteiger charge is 2.13. The molecule has 6 heteroatoms. The van der Waals surface area contributed by atoms with Gasteiger partial charge in [0.2, 0.25) is 0 Å². The SMILES string of the molecule is CCCc1nc(-c2cc(O)cc(F)c2)nc(NC)c1Br. The summed E-state index contributed by atoms with van der Waals surface area (Å²) in [6.07, 6.45) is 1.72. The Labute approximate surface area is 125 Å². The molecular formula is C14H15BrFN3O. The highest BCUT2D eigenvalue weighted by atomic mass is 79.9. The zero-order valence-corrected chi connectivity index (χ0v) is 12.8. The molecule has 106 valence electrons. The van der Waals surface area contributed by atoms with E-state index in [1.807, 2.05) is 0 Å². The van der Waals surface area contributed by atoms with Gasteiger partial charge in [0, 0.05) is 18.7 Å². The second kappa shape index (κ2) is 6.17. The summed E-state index contributed by atoms with van der Waals surface area (Å²) >= 11 is 3.47. The van der Waals surface area contributed by atoms with Crippen molar-refractivity contribution in [1.82, 2.24) is 9.97 Å². The van der Waals surface area contributed by atoms with E-state index in [1.54, 1.807) is 7.05 Å². The fourth-order valence-corrected chi connectivity index (χ4v) is 2.47. The van der Waals surface area contributed by atoms with Crippen LogP contribution in [0.2, 0.25) is 0 Å². The molecule has 0 bridgehead atoms. The van der Waals surface area contributed by atoms with Crippen LogP contribution in [0, 0.1) is 5.82 Å². The Kier molecular flexibility index (Phi) is 4.54. The fraction of sp³-hybridized carbons (Fsp3) is 0.286. The van der Waals surface area contributed by atoms with Crippen LogP contribution in [0.3, 0.4) is 0 Å². The van der Waals surface area contributed by atoms with Gasteiger partial charge >= 0.3 is 0 Å². The average molecular weight is 340 g/mol. The molecule has 2 aromatic rings. The van der Waals surface area contributed by atoms with Gasteiger partial charge in [-0.2, -0.15) is 0 Å². The van der Waals surface area contributed by atoms with Crippen molar-refractivity contribution >= 4 is 21.7 Å². The summed E-state index contributed by atoms with van der Waals surface area (Å²) in [5, 5.41) is 12.5. The number of phenolic OH excluding ortho intramolecular Hbond substituents is 1. The smallest absolute Gasteiger partial charge is 0.162 e. The molecule has 0 saturated heterocycles. The number of rotatable bonds is 4. The molecular weight excluding hydrogens is 325 g/mol. The lowest BCUT2D eigenvalue weighted by Crippen LogP contribution is -2.03. The number of aromatic nitrogens is 2. The molecule has 0 unspecified atom stereocenters. The molecule has 0 aliphatic carbocycles. The predicted octanol–water partition coefficient (Wildman–Crippen LogP) is 3.75. The van der Waals surface area contributed by atoms with Gasteiger partial charge in [0.05, 0.1) is 10.2 Å². The van der Waals surface area contributed by atoms with Crippen molar-refractivity contribution in [1.29, 1.82) is 0 Å². The molecule has 0 radical (unpaired) electrons. The van der Waals surface area contributed by atoms with E-state index in [1.165, 1.54) is 12.1 Å². The molecule has 20 heavy (non-hydrogen) atoms. The maximum atomic E-state index is 13.4. The van der Waals surface area contributed by atoms with Crippen LogP contribution in [0.25, 0.3) is 11.4 Å². The molecule has 4 nitrogen and oxygen atoms in total. The van der Waals surface area contributed by atoms with Crippen LogP contribution < -0.4 is 5.32 Å². The molecule has 0 fully saturated rings. The molecule has 1 aromatic heterocycles. The number of phenols is 1. The van der Waals surface area contributed by atoms with Crippen molar-refractivity contribution in [2.75, 3.05) is 12.4 Å². The third-order valence-electron chi connectivity index (χ3n) is 2.78. The molecule has 2 N–H and O–H groups in total. The summed E-state index contributed by atoms with van der Waals surface area (Å²) in [7, 11) is 1.76. The Bertz CT molecular complexity index is 614. The summed E-state index contributed by atoms with van der Waals surface area (Å²) in [6, 6.07) is 3.80. The maximum Gasteiger partial charge on any atom is 0.162 e. The monoisotopic (exact) mass is 339 g/mol. The highest BCUT2D eigenvalue weighted by molar-refractivity contribution is 9.10. The number of hydrogen-bond acceptors (Lipinski definition) is 4. The number of aryl methyl sites for hydroxylation is 1. The van der Waals surface area contributed by atoms with Gasteiger partial charge in [0.15, 0.2) is 5.82 Å². The van der Waals surface area contributed by atoms with Gasteiger partial charge in [0.25, 0.3) is 0 Å². The van der Waals surface area contributed by atoms with Crippen molar-refractivity contribution in [3.63, 3.8) is 0 Å². The first-order chi connectivity index (χ1) is 9.55. The van der Waals surface area contributed by atoms with Crippen LogP contribution in [0.15, 0.2) is 22.7 Å². The predicted molar refractivity (Wildman–Crippen MR) is 80.3 cm³/mol. The lowest BCUT2D eigenvalue weighted by Gasteiger charge is -2.11. The number of nitrogens with zero attached hydrogens (tertiary/aromatic N) is 2. The van der Waals surface area contributed by atoms with Crippen LogP contribution in [0.1, 0.15) is 19.0 Å². The summed E-state index contributed by atoms with van der Waals surface area (Å²) in [6.45, 7) is 2.06. The lowest BCUT2D eigenvalue weighted by atomic mass is 10.1. The van der Waals surface area contributed by atoms with E-state index >= 15 is 0 Å². The fourth-order valence-electron chi connectivity index (χ4n) is 1.89. The standard InChI is InChI=1S/C14H15BrFN3O/c1-3-4-11-12(15)14(17-2)19-13(18-11)8-5-9(16)7-10(20)6-8/h5-7,20H,3-4H2,1-2H3,(H,17,18,19). The van der Waals surface area contributed by atoms with E-state index in [-0.39, 0.29) is 5.75 Å². The van der Waals surface area contributed by atoms with E-state index in [4.69, 9.17) is 0 Å². The first-order valence-corrected chi connectivity index (χ1v) is 7.08. The zero-order chi connectivity index (χ0) is 14.7. The molecule has 0 aliphatic heterocycles. The first-order valence-electron chi connectivity index (χ1n) is 6.29. The van der Waals surface area contributed by atoms with Crippen molar-refractivity contribution in [3.8, 4) is 17.1 Å². The minimum Gasteiger partial charge on any atom is -0.508 e. The van der Waals surface area contributed by atoms with E-state index in [0.717, 1.165) is 29.1 Å². The largest absolute Gasteiger partial charge is 0.508 e. The van der Waals surface area contributed by atoms with Gasteiger partial charge < -0.3 is 10.4 Å². The van der Waals surface area contributed by atoms with Gasteiger partial charge in [0.1, 0.15) is 17.4 Å². The second-order valence-electron chi connectivity index (χ2n) is 4.35. The normalized spacial score (nSPS) is 10.6. The first kappa shape index (κ1) is 14.7. The maximum absolute atomic E-state index is 13.4. The van der Waals surface area contributed by atoms with Crippen LogP contribution in [-0.2, 0) is 6.42 Å². The van der Waals surface area contributed by atoms with E-state index in [0.29, 0.717) is 17.2 Å². The van der Waals surface area contributed by atoms with E-state index < -0.39 is 5.82 Å². The van der Waals surface area contributed by atoms with Crippen molar-refractivity contribution in [3.05, 3.63) is 34.2 Å². The van der Waals surface area contributed by atoms with E-state index in [9.17, 15) is 9.50 Å². The van der Waals surface area contributed by atoms with Gasteiger partial charge in [-0.05, 0) is 34.5 Å². The lowest BCUT2D eigenvalue weighted by molar-refractivity contribution is 0.469. The number of anilines is 1. The van der Waals surface area contributed by atoms with Gasteiger partial charge in [-0.3, -0.25) is 0 Å². The van der Waals surface area contributed by atoms with Gasteiger partial charge in [-0.25, -0.2) is 14.4 Å². The second-order valence-corrected chi connectivity index (χ2v) is 5.15. The number of halogens is 2. The molecule has 1 heterocycles. The Balaban J connectivity index is 2.58.